The number of aromatic nitrogens is 2. The maximum atomic E-state index is 10.9. The van der Waals surface area contributed by atoms with Crippen molar-refractivity contribution in [2.75, 3.05) is 13.7 Å². The molecule has 0 aliphatic heterocycles. The number of ether oxygens (including phenoxy) is 1. The van der Waals surface area contributed by atoms with Gasteiger partial charge in [-0.25, -0.2) is 0 Å². The number of hydrogen-bond acceptors (Lipinski definition) is 4. The molecule has 0 aliphatic carbocycles. The fourth-order valence-electron chi connectivity index (χ4n) is 1.69. The molecule has 0 saturated carbocycles. The lowest BCUT2D eigenvalue weighted by Gasteiger charge is -2.01. The van der Waals surface area contributed by atoms with E-state index in [1.807, 2.05) is 0 Å². The topological polar surface area (TPSA) is 70.2 Å². The maximum Gasteiger partial charge on any atom is 0.310 e. The van der Waals surface area contributed by atoms with Gasteiger partial charge < -0.3 is 4.74 Å². The normalized spacial score (nSPS) is 11.1. The molecule has 0 fully saturated rings. The lowest BCUT2D eigenvalue weighted by atomic mass is 10.1. The Morgan fingerprint density at radius 1 is 1.56 bits per heavy atom. The zero-order valence-electron chi connectivity index (χ0n) is 11.3. The van der Waals surface area contributed by atoms with Gasteiger partial charge in [0, 0.05) is 20.3 Å². The van der Waals surface area contributed by atoms with Crippen LogP contribution in [0.3, 0.4) is 0 Å². The molecular formula is C12H21N3O3. The van der Waals surface area contributed by atoms with Crippen LogP contribution in [0.4, 0.5) is 5.69 Å². The van der Waals surface area contributed by atoms with Crippen LogP contribution < -0.4 is 0 Å². The average molecular weight is 255 g/mol. The predicted molar refractivity (Wildman–Crippen MR) is 68.5 cm³/mol. The molecule has 102 valence electrons. The molecule has 0 aliphatic rings. The first-order valence-electron chi connectivity index (χ1n) is 6.24. The smallest absolute Gasteiger partial charge is 0.310 e. The predicted octanol–water partition coefficient (Wildman–Crippen LogP) is 2.42. The molecule has 0 saturated heterocycles. The molecule has 0 unspecified atom stereocenters. The van der Waals surface area contributed by atoms with Gasteiger partial charge in [-0.2, -0.15) is 5.10 Å². The Bertz CT molecular complexity index is 388. The summed E-state index contributed by atoms with van der Waals surface area (Å²) in [4.78, 5) is 10.6. The van der Waals surface area contributed by atoms with E-state index in [1.54, 1.807) is 11.8 Å². The summed E-state index contributed by atoms with van der Waals surface area (Å²) in [6, 6.07) is 0. The number of hydrogen-bond donors (Lipinski definition) is 0. The second kappa shape index (κ2) is 7.10. The van der Waals surface area contributed by atoms with E-state index in [4.69, 9.17) is 4.74 Å². The quantitative estimate of drug-likeness (QED) is 0.406. The molecule has 0 amide bonds. The molecule has 0 spiro atoms. The summed E-state index contributed by atoms with van der Waals surface area (Å²) in [5.74, 6) is 0.517. The fraction of sp³-hybridized carbons (Fsp3) is 0.750. The first-order valence-corrected chi connectivity index (χ1v) is 6.24. The van der Waals surface area contributed by atoms with Crippen molar-refractivity contribution in [3.8, 4) is 0 Å². The third-order valence-electron chi connectivity index (χ3n) is 2.71. The van der Waals surface area contributed by atoms with Gasteiger partial charge in [-0.15, -0.1) is 0 Å². The molecular weight excluding hydrogens is 234 g/mol. The third-order valence-corrected chi connectivity index (χ3v) is 2.71. The number of rotatable bonds is 8. The van der Waals surface area contributed by atoms with Gasteiger partial charge in [0.1, 0.15) is 11.9 Å². The molecule has 0 atom stereocenters. The van der Waals surface area contributed by atoms with Crippen molar-refractivity contribution < 1.29 is 9.66 Å². The summed E-state index contributed by atoms with van der Waals surface area (Å²) >= 11 is 0. The third kappa shape index (κ3) is 4.44. The standard InChI is InChI=1S/C12H21N3O3/c1-10(2)5-6-11-12(15(16)17)9-14(13-11)7-4-8-18-3/h9-10H,4-8H2,1-3H3. The van der Waals surface area contributed by atoms with E-state index >= 15 is 0 Å². The lowest BCUT2D eigenvalue weighted by molar-refractivity contribution is -0.385. The minimum absolute atomic E-state index is 0.132. The van der Waals surface area contributed by atoms with Gasteiger partial charge in [0.05, 0.1) is 4.92 Å². The van der Waals surface area contributed by atoms with Gasteiger partial charge in [-0.05, 0) is 25.2 Å². The maximum absolute atomic E-state index is 10.9. The van der Waals surface area contributed by atoms with Gasteiger partial charge in [0.25, 0.3) is 0 Å². The zero-order valence-corrected chi connectivity index (χ0v) is 11.3. The number of methoxy groups -OCH3 is 1. The Morgan fingerprint density at radius 3 is 2.83 bits per heavy atom. The SMILES string of the molecule is COCCCn1cc([N+](=O)[O-])c(CCC(C)C)n1. The van der Waals surface area contributed by atoms with Gasteiger partial charge >= 0.3 is 5.69 Å². The van der Waals surface area contributed by atoms with E-state index in [-0.39, 0.29) is 10.6 Å². The van der Waals surface area contributed by atoms with E-state index < -0.39 is 0 Å². The number of nitrogens with zero attached hydrogens (tertiary/aromatic N) is 3. The van der Waals surface area contributed by atoms with E-state index in [0.29, 0.717) is 31.2 Å². The van der Waals surface area contributed by atoms with Crippen LogP contribution in [-0.4, -0.2) is 28.4 Å². The average Bonchev–Trinajstić information content (AvgIpc) is 2.70. The second-order valence-corrected chi connectivity index (χ2v) is 4.76. The lowest BCUT2D eigenvalue weighted by Crippen LogP contribution is -2.03. The Morgan fingerprint density at radius 2 is 2.28 bits per heavy atom. The highest BCUT2D eigenvalue weighted by Crippen LogP contribution is 2.20. The van der Waals surface area contributed by atoms with Crippen LogP contribution in [0.2, 0.25) is 0 Å². The van der Waals surface area contributed by atoms with E-state index in [2.05, 4.69) is 18.9 Å². The summed E-state index contributed by atoms with van der Waals surface area (Å²) in [5, 5.41) is 15.2. The Balaban J connectivity index is 2.70. The highest BCUT2D eigenvalue weighted by atomic mass is 16.6. The van der Waals surface area contributed by atoms with Crippen LogP contribution in [0.25, 0.3) is 0 Å². The van der Waals surface area contributed by atoms with Crippen molar-refractivity contribution in [2.24, 2.45) is 5.92 Å². The minimum atomic E-state index is -0.352. The van der Waals surface area contributed by atoms with Crippen LogP contribution in [-0.2, 0) is 17.7 Å². The van der Waals surface area contributed by atoms with Crippen LogP contribution in [0, 0.1) is 16.0 Å². The summed E-state index contributed by atoms with van der Waals surface area (Å²) in [7, 11) is 1.64. The Hall–Kier alpha value is -1.43. The molecule has 18 heavy (non-hydrogen) atoms. The van der Waals surface area contributed by atoms with Crippen molar-refractivity contribution in [1.29, 1.82) is 0 Å². The summed E-state index contributed by atoms with van der Waals surface area (Å²) in [6.45, 7) is 5.48. The van der Waals surface area contributed by atoms with Gasteiger partial charge in [0.2, 0.25) is 0 Å². The molecule has 6 heteroatoms. The van der Waals surface area contributed by atoms with Crippen molar-refractivity contribution in [3.63, 3.8) is 0 Å². The van der Waals surface area contributed by atoms with Crippen molar-refractivity contribution >= 4 is 5.69 Å². The summed E-state index contributed by atoms with van der Waals surface area (Å²) < 4.78 is 6.60. The number of nitro groups is 1. The molecule has 1 rings (SSSR count). The van der Waals surface area contributed by atoms with Crippen LogP contribution >= 0.6 is 0 Å². The summed E-state index contributed by atoms with van der Waals surface area (Å²) in [6.07, 6.45) is 3.89. The van der Waals surface area contributed by atoms with Crippen LogP contribution in [0.1, 0.15) is 32.4 Å². The first kappa shape index (κ1) is 14.6. The highest BCUT2D eigenvalue weighted by Gasteiger charge is 2.19. The van der Waals surface area contributed by atoms with Crippen LogP contribution in [0.15, 0.2) is 6.20 Å². The monoisotopic (exact) mass is 255 g/mol. The molecule has 6 nitrogen and oxygen atoms in total. The molecule has 0 aromatic carbocycles. The van der Waals surface area contributed by atoms with Crippen molar-refractivity contribution in [2.45, 2.75) is 39.7 Å². The Kier molecular flexibility index (Phi) is 5.77. The van der Waals surface area contributed by atoms with Crippen LogP contribution in [0.5, 0.6) is 0 Å². The fourth-order valence-corrected chi connectivity index (χ4v) is 1.69. The first-order chi connectivity index (χ1) is 8.54. The van der Waals surface area contributed by atoms with Crippen molar-refractivity contribution in [1.82, 2.24) is 9.78 Å². The summed E-state index contributed by atoms with van der Waals surface area (Å²) in [5.41, 5.74) is 0.721. The zero-order chi connectivity index (χ0) is 13.5. The number of aryl methyl sites for hydroxylation is 2. The van der Waals surface area contributed by atoms with E-state index in [1.165, 1.54) is 6.20 Å². The van der Waals surface area contributed by atoms with E-state index in [9.17, 15) is 10.1 Å². The van der Waals surface area contributed by atoms with Gasteiger partial charge in [0.15, 0.2) is 0 Å². The Labute approximate surface area is 107 Å². The van der Waals surface area contributed by atoms with Gasteiger partial charge in [-0.3, -0.25) is 14.8 Å². The highest BCUT2D eigenvalue weighted by molar-refractivity contribution is 5.32. The largest absolute Gasteiger partial charge is 0.385 e. The molecule has 0 radical (unpaired) electrons. The molecule has 0 N–H and O–H groups in total. The van der Waals surface area contributed by atoms with Crippen molar-refractivity contribution in [3.05, 3.63) is 22.0 Å². The second-order valence-electron chi connectivity index (χ2n) is 4.76. The molecule has 0 bridgehead atoms. The van der Waals surface area contributed by atoms with Gasteiger partial charge in [-0.1, -0.05) is 13.8 Å². The molecule has 1 aromatic rings. The van der Waals surface area contributed by atoms with E-state index in [0.717, 1.165) is 12.8 Å². The minimum Gasteiger partial charge on any atom is -0.385 e. The molecule has 1 aromatic heterocycles. The molecule has 1 heterocycles.